The third-order valence-electron chi connectivity index (χ3n) is 6.26. The molecule has 2 fully saturated rings. The molecule has 0 bridgehead atoms. The molecule has 5 nitrogen and oxygen atoms in total. The maximum absolute atomic E-state index is 13.6. The Labute approximate surface area is 189 Å². The molecule has 32 heavy (non-hydrogen) atoms. The summed E-state index contributed by atoms with van der Waals surface area (Å²) >= 11 is 3.18. The van der Waals surface area contributed by atoms with Crippen LogP contribution >= 0.6 is 15.9 Å². The number of aryl methyl sites for hydroxylation is 1. The Balaban J connectivity index is 1.58. The van der Waals surface area contributed by atoms with E-state index in [4.69, 9.17) is 4.74 Å². The normalized spacial score (nSPS) is 17.5. The van der Waals surface area contributed by atoms with E-state index in [-0.39, 0.29) is 35.0 Å². The van der Waals surface area contributed by atoms with Crippen LogP contribution in [0.1, 0.15) is 42.5 Å². The summed E-state index contributed by atoms with van der Waals surface area (Å²) < 4.78 is 49.6. The Morgan fingerprint density at radius 2 is 1.84 bits per heavy atom. The van der Waals surface area contributed by atoms with E-state index in [0.29, 0.717) is 28.6 Å². The van der Waals surface area contributed by atoms with Crippen LogP contribution in [0.25, 0.3) is 5.52 Å². The van der Waals surface area contributed by atoms with Crippen molar-refractivity contribution in [3.05, 3.63) is 78.5 Å². The van der Waals surface area contributed by atoms with Crippen LogP contribution < -0.4 is 15.9 Å². The van der Waals surface area contributed by atoms with E-state index in [9.17, 15) is 22.8 Å². The van der Waals surface area contributed by atoms with Crippen LogP contribution in [0, 0.1) is 6.92 Å². The molecule has 2 aromatic heterocycles. The van der Waals surface area contributed by atoms with Crippen LogP contribution in [0.4, 0.5) is 13.2 Å². The van der Waals surface area contributed by atoms with Gasteiger partial charge in [0.05, 0.1) is 16.1 Å². The molecule has 5 rings (SSSR count). The predicted octanol–water partition coefficient (Wildman–Crippen LogP) is 4.82. The Hall–Kier alpha value is -2.55. The van der Waals surface area contributed by atoms with Crippen molar-refractivity contribution in [3.8, 4) is 5.75 Å². The highest BCUT2D eigenvalue weighted by molar-refractivity contribution is 9.10. The van der Waals surface area contributed by atoms with E-state index in [1.165, 1.54) is 16.5 Å². The van der Waals surface area contributed by atoms with E-state index in [0.717, 1.165) is 18.9 Å². The lowest BCUT2D eigenvalue weighted by molar-refractivity contribution is -0.137. The van der Waals surface area contributed by atoms with Crippen LogP contribution in [0.3, 0.4) is 0 Å². The first-order chi connectivity index (χ1) is 15.1. The number of benzene rings is 1. The van der Waals surface area contributed by atoms with Gasteiger partial charge in [-0.15, -0.1) is 0 Å². The van der Waals surface area contributed by atoms with Gasteiger partial charge in [-0.05, 0) is 84.4 Å². The molecular weight excluding hydrogens is 489 g/mol. The second-order valence-corrected chi connectivity index (χ2v) is 9.60. The lowest BCUT2D eigenvalue weighted by atomic mass is 9.93. The summed E-state index contributed by atoms with van der Waals surface area (Å²) in [5.41, 5.74) is -0.681. The summed E-state index contributed by atoms with van der Waals surface area (Å²) in [5.74, 6) is 0.225. The van der Waals surface area contributed by atoms with E-state index in [2.05, 4.69) is 15.9 Å². The largest absolute Gasteiger partial charge is 0.490 e. The van der Waals surface area contributed by atoms with Crippen molar-refractivity contribution in [3.63, 3.8) is 0 Å². The molecule has 3 aromatic rings. The fourth-order valence-corrected chi connectivity index (χ4v) is 4.41. The molecule has 0 N–H and O–H groups in total. The molecule has 2 heterocycles. The molecule has 0 aliphatic heterocycles. The highest BCUT2D eigenvalue weighted by atomic mass is 79.9. The van der Waals surface area contributed by atoms with E-state index >= 15 is 0 Å². The standard InChI is InChI=1S/C23H20BrF3N2O3/c1-13-11-28-19(5-4-18(24)20(28)30)21(31)29(13)12-22(6-7-22)14-8-15(23(25,26)27)10-17(9-14)32-16-2-3-16/h4-5,8-11,16H,2-3,6-7,12H2,1H3. The molecule has 0 spiro atoms. The molecule has 9 heteroatoms. The zero-order valence-corrected chi connectivity index (χ0v) is 18.8. The number of fused-ring (bicyclic) bond motifs is 1. The van der Waals surface area contributed by atoms with E-state index in [1.54, 1.807) is 29.8 Å². The van der Waals surface area contributed by atoms with E-state index < -0.39 is 17.2 Å². The number of nitrogens with zero attached hydrogens (tertiary/aromatic N) is 2. The molecule has 0 radical (unpaired) electrons. The first-order valence-electron chi connectivity index (χ1n) is 10.4. The molecule has 2 aliphatic carbocycles. The molecule has 0 unspecified atom stereocenters. The van der Waals surface area contributed by atoms with Gasteiger partial charge in [0, 0.05) is 23.9 Å². The van der Waals surface area contributed by atoms with Crippen molar-refractivity contribution < 1.29 is 17.9 Å². The smallest absolute Gasteiger partial charge is 0.416 e. The average Bonchev–Trinajstić information content (AvgIpc) is 3.65. The summed E-state index contributed by atoms with van der Waals surface area (Å²) in [4.78, 5) is 25.6. The lowest BCUT2D eigenvalue weighted by Gasteiger charge is -2.22. The minimum atomic E-state index is -4.49. The zero-order chi connectivity index (χ0) is 22.8. The second-order valence-electron chi connectivity index (χ2n) is 8.74. The number of halogens is 4. The summed E-state index contributed by atoms with van der Waals surface area (Å²) in [7, 11) is 0. The van der Waals surface area contributed by atoms with Crippen LogP contribution in [-0.2, 0) is 18.1 Å². The fourth-order valence-electron chi connectivity index (χ4n) is 4.09. The van der Waals surface area contributed by atoms with Gasteiger partial charge in [-0.3, -0.25) is 14.0 Å². The third-order valence-corrected chi connectivity index (χ3v) is 6.87. The van der Waals surface area contributed by atoms with Crippen LogP contribution in [0.15, 0.2) is 50.6 Å². The molecular formula is C23H20BrF3N2O3. The molecule has 2 aliphatic rings. The minimum Gasteiger partial charge on any atom is -0.490 e. The molecule has 0 saturated heterocycles. The van der Waals surface area contributed by atoms with Gasteiger partial charge >= 0.3 is 6.18 Å². The van der Waals surface area contributed by atoms with Crippen molar-refractivity contribution in [2.75, 3.05) is 0 Å². The Morgan fingerprint density at radius 3 is 2.47 bits per heavy atom. The molecule has 0 atom stereocenters. The molecule has 0 amide bonds. The zero-order valence-electron chi connectivity index (χ0n) is 17.2. The van der Waals surface area contributed by atoms with Gasteiger partial charge in [0.1, 0.15) is 11.3 Å². The maximum Gasteiger partial charge on any atom is 0.416 e. The lowest BCUT2D eigenvalue weighted by Crippen LogP contribution is -2.32. The minimum absolute atomic E-state index is 0.0236. The van der Waals surface area contributed by atoms with Gasteiger partial charge in [-0.1, -0.05) is 0 Å². The summed E-state index contributed by atoms with van der Waals surface area (Å²) in [5, 5.41) is 0. The van der Waals surface area contributed by atoms with Crippen molar-refractivity contribution in [1.82, 2.24) is 8.97 Å². The summed E-state index contributed by atoms with van der Waals surface area (Å²) in [6.45, 7) is 1.96. The molecule has 168 valence electrons. The topological polar surface area (TPSA) is 52.7 Å². The summed E-state index contributed by atoms with van der Waals surface area (Å²) in [6.07, 6.45) is 0.106. The van der Waals surface area contributed by atoms with Crippen LogP contribution in [0.5, 0.6) is 5.75 Å². The van der Waals surface area contributed by atoms with Gasteiger partial charge in [-0.25, -0.2) is 0 Å². The third kappa shape index (κ3) is 3.76. The summed E-state index contributed by atoms with van der Waals surface area (Å²) in [6, 6.07) is 7.00. The van der Waals surface area contributed by atoms with Gasteiger partial charge in [0.2, 0.25) is 0 Å². The van der Waals surface area contributed by atoms with E-state index in [1.807, 2.05) is 0 Å². The first kappa shape index (κ1) is 21.3. The van der Waals surface area contributed by atoms with Crippen molar-refractivity contribution in [1.29, 1.82) is 0 Å². The SMILES string of the molecule is Cc1cn2c(=O)c(Br)ccc2c(=O)n1CC1(c2cc(OC3CC3)cc(C(F)(F)F)c2)CC1. The van der Waals surface area contributed by atoms with Crippen molar-refractivity contribution >= 4 is 21.4 Å². The monoisotopic (exact) mass is 508 g/mol. The number of alkyl halides is 3. The fraction of sp³-hybridized carbons (Fsp3) is 0.391. The second kappa shape index (κ2) is 7.23. The number of ether oxygens (including phenoxy) is 1. The maximum atomic E-state index is 13.6. The predicted molar refractivity (Wildman–Crippen MR) is 116 cm³/mol. The van der Waals surface area contributed by atoms with Gasteiger partial charge in [-0.2, -0.15) is 13.2 Å². The number of hydrogen-bond acceptors (Lipinski definition) is 3. The Bertz CT molecular complexity index is 1350. The van der Waals surface area contributed by atoms with Gasteiger partial charge < -0.3 is 9.30 Å². The Kier molecular flexibility index (Phi) is 4.81. The molecule has 2 saturated carbocycles. The highest BCUT2D eigenvalue weighted by Crippen LogP contribution is 2.51. The van der Waals surface area contributed by atoms with Crippen LogP contribution in [-0.4, -0.2) is 15.1 Å². The van der Waals surface area contributed by atoms with Gasteiger partial charge in [0.15, 0.2) is 0 Å². The van der Waals surface area contributed by atoms with Crippen molar-refractivity contribution in [2.45, 2.75) is 56.8 Å². The first-order valence-corrected chi connectivity index (χ1v) is 11.2. The highest BCUT2D eigenvalue weighted by Gasteiger charge is 2.46. The Morgan fingerprint density at radius 1 is 1.12 bits per heavy atom. The number of rotatable bonds is 5. The molecule has 1 aromatic carbocycles. The average molecular weight is 509 g/mol. The number of aromatic nitrogens is 2. The number of pyridine rings is 1. The number of hydrogen-bond donors (Lipinski definition) is 0. The van der Waals surface area contributed by atoms with Crippen molar-refractivity contribution in [2.24, 2.45) is 0 Å². The van der Waals surface area contributed by atoms with Gasteiger partial charge in [0.25, 0.3) is 11.1 Å². The quantitative estimate of drug-likeness (QED) is 0.496. The van der Waals surface area contributed by atoms with Crippen LogP contribution in [0.2, 0.25) is 0 Å².